The van der Waals surface area contributed by atoms with Gasteiger partial charge in [-0.1, -0.05) is 48.0 Å². The summed E-state index contributed by atoms with van der Waals surface area (Å²) in [5.41, 5.74) is 3.66. The average molecular weight is 484 g/mol. The molecule has 0 unspecified atom stereocenters. The summed E-state index contributed by atoms with van der Waals surface area (Å²) >= 11 is 6.46. The Morgan fingerprint density at radius 2 is 1.91 bits per heavy atom. The molecule has 174 valence electrons. The smallest absolute Gasteiger partial charge is 0.251 e. The highest BCUT2D eigenvalue weighted by Crippen LogP contribution is 2.41. The lowest BCUT2D eigenvalue weighted by atomic mass is 9.82. The Balaban J connectivity index is 1.73. The number of hydrogen-bond acceptors (Lipinski definition) is 4. The van der Waals surface area contributed by atoms with Crippen LogP contribution in [0.4, 0.5) is 0 Å². The molecule has 0 spiro atoms. The number of aliphatic hydroxyl groups is 1. The highest BCUT2D eigenvalue weighted by atomic mass is 35.5. The largest absolute Gasteiger partial charge is 0.492 e. The number of imidazole rings is 1. The number of nitrogens with zero attached hydrogens (tertiary/aromatic N) is 2. The summed E-state index contributed by atoms with van der Waals surface area (Å²) in [6.07, 6.45) is 3.80. The number of nitrogens with one attached hydrogen (secondary N) is 1. The zero-order valence-electron chi connectivity index (χ0n) is 19.0. The minimum atomic E-state index is -1.56. The maximum Gasteiger partial charge on any atom is 0.251 e. The maximum absolute atomic E-state index is 12.8. The van der Waals surface area contributed by atoms with Gasteiger partial charge in [-0.05, 0) is 52.1 Å². The summed E-state index contributed by atoms with van der Waals surface area (Å²) < 4.78 is 7.68. The van der Waals surface area contributed by atoms with E-state index < -0.39 is 5.60 Å². The van der Waals surface area contributed by atoms with E-state index in [0.717, 1.165) is 27.6 Å². The summed E-state index contributed by atoms with van der Waals surface area (Å²) in [5.74, 6) is 0.499. The molecule has 5 aromatic rings. The van der Waals surface area contributed by atoms with E-state index in [-0.39, 0.29) is 5.56 Å². The number of halogens is 1. The molecule has 6 rings (SSSR count). The first-order valence-corrected chi connectivity index (χ1v) is 11.7. The summed E-state index contributed by atoms with van der Waals surface area (Å²) in [5, 5.41) is 13.6. The predicted octanol–water partition coefficient (Wildman–Crippen LogP) is 4.80. The first-order valence-electron chi connectivity index (χ1n) is 11.3. The minimum absolute atomic E-state index is 0.0960. The predicted molar refractivity (Wildman–Crippen MR) is 136 cm³/mol. The van der Waals surface area contributed by atoms with E-state index in [4.69, 9.17) is 16.3 Å². The fourth-order valence-corrected chi connectivity index (χ4v) is 5.04. The van der Waals surface area contributed by atoms with Crippen molar-refractivity contribution in [3.8, 4) is 16.9 Å². The van der Waals surface area contributed by atoms with Gasteiger partial charge in [0.05, 0.1) is 35.4 Å². The van der Waals surface area contributed by atoms with Gasteiger partial charge in [-0.15, -0.1) is 0 Å². The van der Waals surface area contributed by atoms with Crippen LogP contribution in [0, 0.1) is 0 Å². The standard InChI is InChI=1S/C28H22ClN3O3/c1-32-24-8-6-19-12-22(24)21(14-27(32)33)18-4-2-3-17(11-18)9-10-35-25-13-20(5-7-23(25)29)28(19,34)26-15-30-16-31-26/h2-8,11-16,34H,9-10H2,1H3,(H,30,31)/t28-/m0/s1. The summed E-state index contributed by atoms with van der Waals surface area (Å²) in [6.45, 7) is 0.409. The SMILES string of the molecule is Cn1c(=O)cc2c3cc(ccc31)[C@@](O)(c1cnc[nH]1)c1ccc(Cl)c(c1)OCCc1cccc-2c1. The molecule has 0 aliphatic carbocycles. The van der Waals surface area contributed by atoms with Crippen molar-refractivity contribution in [3.05, 3.63) is 117 Å². The summed E-state index contributed by atoms with van der Waals surface area (Å²) in [7, 11) is 1.76. The molecule has 0 saturated carbocycles. The fraction of sp³-hybridized carbons (Fsp3) is 0.143. The maximum atomic E-state index is 12.8. The molecule has 1 atom stereocenters. The van der Waals surface area contributed by atoms with Crippen LogP contribution in [0.1, 0.15) is 22.4 Å². The Morgan fingerprint density at radius 1 is 1.09 bits per heavy atom. The van der Waals surface area contributed by atoms with Crippen molar-refractivity contribution in [2.75, 3.05) is 6.61 Å². The third kappa shape index (κ3) is 3.45. The van der Waals surface area contributed by atoms with Gasteiger partial charge >= 0.3 is 0 Å². The highest BCUT2D eigenvalue weighted by Gasteiger charge is 2.36. The van der Waals surface area contributed by atoms with Crippen LogP contribution in [-0.2, 0) is 19.1 Å². The normalized spacial score (nSPS) is 17.2. The van der Waals surface area contributed by atoms with Crippen LogP contribution in [0.15, 0.2) is 84.0 Å². The average Bonchev–Trinajstić information content (AvgIpc) is 3.42. The second-order valence-corrected chi connectivity index (χ2v) is 9.21. The molecule has 7 heteroatoms. The Bertz CT molecular complexity index is 1640. The third-order valence-electron chi connectivity index (χ3n) is 6.79. The molecule has 3 heterocycles. The van der Waals surface area contributed by atoms with Crippen molar-refractivity contribution < 1.29 is 9.84 Å². The summed E-state index contributed by atoms with van der Waals surface area (Å²) in [6, 6.07) is 20.7. The third-order valence-corrected chi connectivity index (χ3v) is 7.10. The van der Waals surface area contributed by atoms with Gasteiger partial charge < -0.3 is 19.4 Å². The molecule has 2 N–H and O–H groups in total. The van der Waals surface area contributed by atoms with E-state index in [1.54, 1.807) is 42.1 Å². The molecule has 6 nitrogen and oxygen atoms in total. The van der Waals surface area contributed by atoms with Crippen LogP contribution < -0.4 is 10.3 Å². The van der Waals surface area contributed by atoms with E-state index in [1.807, 2.05) is 36.4 Å². The molecule has 1 aliphatic heterocycles. The van der Waals surface area contributed by atoms with Gasteiger partial charge in [-0.3, -0.25) is 4.79 Å². The first kappa shape index (κ1) is 21.6. The van der Waals surface area contributed by atoms with E-state index >= 15 is 0 Å². The quantitative estimate of drug-likeness (QED) is 0.359. The number of fused-ring (bicyclic) bond motifs is 6. The summed E-state index contributed by atoms with van der Waals surface area (Å²) in [4.78, 5) is 20.1. The molecule has 3 aromatic carbocycles. The molecular formula is C28H22ClN3O3. The topological polar surface area (TPSA) is 80.1 Å². The number of pyridine rings is 1. The van der Waals surface area contributed by atoms with Gasteiger partial charge in [-0.25, -0.2) is 4.98 Å². The van der Waals surface area contributed by atoms with Crippen LogP contribution in [0.3, 0.4) is 0 Å². The number of aromatic amines is 1. The van der Waals surface area contributed by atoms with Crippen molar-refractivity contribution in [2.24, 2.45) is 7.05 Å². The molecule has 0 amide bonds. The highest BCUT2D eigenvalue weighted by molar-refractivity contribution is 6.32. The van der Waals surface area contributed by atoms with Gasteiger partial charge in [0.1, 0.15) is 5.75 Å². The van der Waals surface area contributed by atoms with Crippen molar-refractivity contribution in [1.29, 1.82) is 0 Å². The molecule has 1 aliphatic rings. The lowest BCUT2D eigenvalue weighted by Crippen LogP contribution is -2.29. The van der Waals surface area contributed by atoms with E-state index in [0.29, 0.717) is 40.6 Å². The van der Waals surface area contributed by atoms with Gasteiger partial charge in [0.15, 0.2) is 5.60 Å². The second kappa shape index (κ2) is 8.12. The number of aromatic nitrogens is 3. The molecule has 0 radical (unpaired) electrons. The number of ether oxygens (including phenoxy) is 1. The van der Waals surface area contributed by atoms with Gasteiger partial charge in [0.2, 0.25) is 0 Å². The Labute approximate surface area is 206 Å². The van der Waals surface area contributed by atoms with E-state index in [1.165, 1.54) is 6.33 Å². The van der Waals surface area contributed by atoms with Crippen molar-refractivity contribution in [2.45, 2.75) is 12.0 Å². The molecule has 0 saturated heterocycles. The fourth-order valence-electron chi connectivity index (χ4n) is 4.87. The Hall–Kier alpha value is -3.87. The number of H-pyrrole nitrogens is 1. The lowest BCUT2D eigenvalue weighted by Gasteiger charge is -2.29. The zero-order valence-corrected chi connectivity index (χ0v) is 19.7. The van der Waals surface area contributed by atoms with Gasteiger partial charge in [-0.2, -0.15) is 0 Å². The van der Waals surface area contributed by atoms with Crippen molar-refractivity contribution in [1.82, 2.24) is 14.5 Å². The Kier molecular flexibility index (Phi) is 5.02. The van der Waals surface area contributed by atoms with E-state index in [2.05, 4.69) is 16.0 Å². The Morgan fingerprint density at radius 3 is 2.74 bits per heavy atom. The van der Waals surface area contributed by atoms with Crippen LogP contribution >= 0.6 is 11.6 Å². The van der Waals surface area contributed by atoms with Gasteiger partial charge in [0, 0.05) is 24.9 Å². The number of benzene rings is 3. The second-order valence-electron chi connectivity index (χ2n) is 8.81. The monoisotopic (exact) mass is 483 g/mol. The van der Waals surface area contributed by atoms with E-state index in [9.17, 15) is 9.90 Å². The molecule has 0 fully saturated rings. The number of rotatable bonds is 1. The van der Waals surface area contributed by atoms with Crippen molar-refractivity contribution >= 4 is 22.5 Å². The van der Waals surface area contributed by atoms with Crippen molar-refractivity contribution in [3.63, 3.8) is 0 Å². The molecular weight excluding hydrogens is 462 g/mol. The molecule has 6 bridgehead atoms. The lowest BCUT2D eigenvalue weighted by molar-refractivity contribution is 0.121. The molecule has 35 heavy (non-hydrogen) atoms. The zero-order chi connectivity index (χ0) is 24.2. The minimum Gasteiger partial charge on any atom is -0.492 e. The van der Waals surface area contributed by atoms with Crippen LogP contribution in [-0.4, -0.2) is 26.2 Å². The first-order chi connectivity index (χ1) is 16.9. The van der Waals surface area contributed by atoms with Crippen LogP contribution in [0.2, 0.25) is 5.02 Å². The number of hydrogen-bond donors (Lipinski definition) is 2. The van der Waals surface area contributed by atoms with Crippen LogP contribution in [0.25, 0.3) is 22.0 Å². The van der Waals surface area contributed by atoms with Crippen LogP contribution in [0.5, 0.6) is 5.75 Å². The molecule has 2 aromatic heterocycles. The number of aryl methyl sites for hydroxylation is 1. The van der Waals surface area contributed by atoms with Gasteiger partial charge in [0.25, 0.3) is 5.56 Å².